The molecule has 0 aliphatic carbocycles. The van der Waals surface area contributed by atoms with E-state index < -0.39 is 0 Å². The Morgan fingerprint density at radius 3 is 2.42 bits per heavy atom. The van der Waals surface area contributed by atoms with Crippen molar-refractivity contribution in [3.8, 4) is 0 Å². The third-order valence-corrected chi connectivity index (χ3v) is 3.40. The number of rotatable bonds is 4. The van der Waals surface area contributed by atoms with Crippen LogP contribution in [0, 0.1) is 0 Å². The second kappa shape index (κ2) is 9.22. The van der Waals surface area contributed by atoms with Crippen LogP contribution in [0.2, 0.25) is 5.15 Å². The highest BCUT2D eigenvalue weighted by Crippen LogP contribution is 2.22. The van der Waals surface area contributed by atoms with E-state index in [1.165, 1.54) is 0 Å². The lowest BCUT2D eigenvalue weighted by Gasteiger charge is -2.13. The van der Waals surface area contributed by atoms with E-state index in [0.29, 0.717) is 30.1 Å². The van der Waals surface area contributed by atoms with Crippen molar-refractivity contribution in [1.82, 2.24) is 20.6 Å². The minimum Gasteiger partial charge on any atom is -0.443 e. The molecule has 2 aromatic heterocycles. The van der Waals surface area contributed by atoms with Gasteiger partial charge in [-0.05, 0) is 11.6 Å². The van der Waals surface area contributed by atoms with Gasteiger partial charge in [-0.25, -0.2) is 9.97 Å². The van der Waals surface area contributed by atoms with Gasteiger partial charge in [-0.3, -0.25) is 4.99 Å². The van der Waals surface area contributed by atoms with Crippen LogP contribution >= 0.6 is 35.6 Å². The number of oxazole rings is 1. The van der Waals surface area contributed by atoms with Crippen LogP contribution in [-0.2, 0) is 18.5 Å². The predicted molar refractivity (Wildman–Crippen MR) is 107 cm³/mol. The average molecular weight is 464 g/mol. The van der Waals surface area contributed by atoms with Crippen molar-refractivity contribution in [2.45, 2.75) is 39.3 Å². The lowest BCUT2D eigenvalue weighted by molar-refractivity contribution is 0.379. The number of hydrogen-bond donors (Lipinski definition) is 2. The van der Waals surface area contributed by atoms with Crippen molar-refractivity contribution in [3.05, 3.63) is 46.9 Å². The Labute approximate surface area is 164 Å². The number of hydrogen-bond acceptors (Lipinski definition) is 4. The van der Waals surface area contributed by atoms with E-state index in [2.05, 4.69) is 46.4 Å². The van der Waals surface area contributed by atoms with E-state index in [-0.39, 0.29) is 29.4 Å². The van der Waals surface area contributed by atoms with E-state index in [1.54, 1.807) is 25.5 Å². The van der Waals surface area contributed by atoms with Crippen molar-refractivity contribution in [3.63, 3.8) is 0 Å². The molecule has 132 valence electrons. The van der Waals surface area contributed by atoms with Crippen LogP contribution in [0.1, 0.15) is 38.0 Å². The molecule has 24 heavy (non-hydrogen) atoms. The maximum Gasteiger partial charge on any atom is 0.213 e. The quantitative estimate of drug-likeness (QED) is 0.314. The van der Waals surface area contributed by atoms with E-state index in [9.17, 15) is 0 Å². The van der Waals surface area contributed by atoms with Gasteiger partial charge in [0.25, 0.3) is 0 Å². The second-order valence-corrected chi connectivity index (χ2v) is 6.52. The third-order valence-electron chi connectivity index (χ3n) is 3.17. The van der Waals surface area contributed by atoms with Gasteiger partial charge in [0.2, 0.25) is 5.89 Å². The van der Waals surface area contributed by atoms with Crippen molar-refractivity contribution >= 4 is 41.5 Å². The lowest BCUT2D eigenvalue weighted by atomic mass is 9.94. The van der Waals surface area contributed by atoms with Gasteiger partial charge in [-0.15, -0.1) is 24.0 Å². The molecule has 0 aliphatic rings. The van der Waals surface area contributed by atoms with Crippen molar-refractivity contribution in [2.75, 3.05) is 7.05 Å². The van der Waals surface area contributed by atoms with Gasteiger partial charge >= 0.3 is 0 Å². The van der Waals surface area contributed by atoms with Crippen molar-refractivity contribution in [2.24, 2.45) is 4.99 Å². The number of nitrogens with one attached hydrogen (secondary N) is 2. The largest absolute Gasteiger partial charge is 0.443 e. The normalized spacial score (nSPS) is 11.8. The number of aliphatic imine (C=N–C) groups is 1. The molecule has 0 bridgehead atoms. The maximum absolute atomic E-state index is 5.77. The zero-order valence-corrected chi connectivity index (χ0v) is 17.3. The monoisotopic (exact) mass is 463 g/mol. The first kappa shape index (κ1) is 20.7. The number of guanidine groups is 1. The summed E-state index contributed by atoms with van der Waals surface area (Å²) in [6.45, 7) is 7.33. The third kappa shape index (κ3) is 6.27. The molecule has 8 heteroatoms. The van der Waals surface area contributed by atoms with Gasteiger partial charge in [-0.2, -0.15) is 0 Å². The molecule has 2 aromatic rings. The first-order valence-electron chi connectivity index (χ1n) is 7.38. The molecule has 0 fully saturated rings. The summed E-state index contributed by atoms with van der Waals surface area (Å²) < 4.78 is 5.74. The molecule has 0 aliphatic heterocycles. The zero-order chi connectivity index (χ0) is 16.9. The summed E-state index contributed by atoms with van der Waals surface area (Å²) in [5, 5.41) is 6.85. The molecule has 0 atom stereocenters. The summed E-state index contributed by atoms with van der Waals surface area (Å²) in [4.78, 5) is 12.5. The van der Waals surface area contributed by atoms with Gasteiger partial charge < -0.3 is 15.1 Å². The zero-order valence-electron chi connectivity index (χ0n) is 14.3. The Bertz CT molecular complexity index is 664. The molecule has 6 nitrogen and oxygen atoms in total. The molecule has 2 rings (SSSR count). The number of halogens is 2. The molecule has 2 N–H and O–H groups in total. The van der Waals surface area contributed by atoms with Crippen LogP contribution in [0.5, 0.6) is 0 Å². The van der Waals surface area contributed by atoms with Gasteiger partial charge in [0.05, 0.1) is 12.7 Å². The Balaban J connectivity index is 0.00000288. The summed E-state index contributed by atoms with van der Waals surface area (Å²) >= 11 is 5.77. The Kier molecular flexibility index (Phi) is 7.95. The van der Waals surface area contributed by atoms with E-state index in [1.807, 2.05) is 6.07 Å². The molecule has 0 unspecified atom stereocenters. The highest BCUT2D eigenvalue weighted by Gasteiger charge is 2.19. The molecular formula is C16H23ClIN5O. The first-order chi connectivity index (χ1) is 10.9. The Morgan fingerprint density at radius 1 is 1.17 bits per heavy atom. The SMILES string of the molecule is CN=C(NCc1ccc(Cl)nc1)NCc1ncc(C(C)(C)C)o1.I. The van der Waals surface area contributed by atoms with Crippen LogP contribution in [0.4, 0.5) is 0 Å². The molecule has 0 amide bonds. The fourth-order valence-electron chi connectivity index (χ4n) is 1.82. The standard InChI is InChI=1S/C16H22ClN5O.HI/c1-16(2,3)12-9-20-14(23-12)10-22-15(18-4)21-8-11-5-6-13(17)19-7-11;/h5-7,9H,8,10H2,1-4H3,(H2,18,21,22);1H. The fraction of sp³-hybridized carbons (Fsp3) is 0.438. The molecule has 0 saturated heterocycles. The topological polar surface area (TPSA) is 75.3 Å². The molecule has 0 spiro atoms. The highest BCUT2D eigenvalue weighted by atomic mass is 127. The van der Waals surface area contributed by atoms with Crippen LogP contribution in [0.15, 0.2) is 33.9 Å². The molecule has 0 saturated carbocycles. The number of pyridine rings is 1. The van der Waals surface area contributed by atoms with Crippen molar-refractivity contribution in [1.29, 1.82) is 0 Å². The maximum atomic E-state index is 5.77. The highest BCUT2D eigenvalue weighted by molar-refractivity contribution is 14.0. The average Bonchev–Trinajstić information content (AvgIpc) is 2.98. The minimum absolute atomic E-state index is 0. The van der Waals surface area contributed by atoms with Gasteiger partial charge in [0.15, 0.2) is 5.96 Å². The summed E-state index contributed by atoms with van der Waals surface area (Å²) in [6.07, 6.45) is 3.50. The second-order valence-electron chi connectivity index (χ2n) is 6.14. The van der Waals surface area contributed by atoms with E-state index in [4.69, 9.17) is 16.0 Å². The van der Waals surface area contributed by atoms with Crippen LogP contribution < -0.4 is 10.6 Å². The fourth-order valence-corrected chi connectivity index (χ4v) is 1.93. The minimum atomic E-state index is -0.0489. The summed E-state index contributed by atoms with van der Waals surface area (Å²) in [5.74, 6) is 2.16. The number of nitrogens with zero attached hydrogens (tertiary/aromatic N) is 3. The smallest absolute Gasteiger partial charge is 0.213 e. The lowest BCUT2D eigenvalue weighted by Crippen LogP contribution is -2.36. The predicted octanol–water partition coefficient (Wildman–Crippen LogP) is 3.50. The number of aromatic nitrogens is 2. The van der Waals surface area contributed by atoms with Crippen LogP contribution in [0.3, 0.4) is 0 Å². The molecular weight excluding hydrogens is 441 g/mol. The molecule has 0 aromatic carbocycles. The van der Waals surface area contributed by atoms with Crippen LogP contribution in [-0.4, -0.2) is 23.0 Å². The van der Waals surface area contributed by atoms with Gasteiger partial charge in [0, 0.05) is 25.2 Å². The first-order valence-corrected chi connectivity index (χ1v) is 7.76. The summed E-state index contributed by atoms with van der Waals surface area (Å²) in [6, 6.07) is 3.68. The summed E-state index contributed by atoms with van der Waals surface area (Å²) in [7, 11) is 1.71. The van der Waals surface area contributed by atoms with Crippen molar-refractivity contribution < 1.29 is 4.42 Å². The van der Waals surface area contributed by atoms with Crippen LogP contribution in [0.25, 0.3) is 0 Å². The summed E-state index contributed by atoms with van der Waals surface area (Å²) in [5.41, 5.74) is 0.968. The molecule has 2 heterocycles. The van der Waals surface area contributed by atoms with Gasteiger partial charge in [-0.1, -0.05) is 38.4 Å². The van der Waals surface area contributed by atoms with Gasteiger partial charge in [0.1, 0.15) is 10.9 Å². The van der Waals surface area contributed by atoms with E-state index in [0.717, 1.165) is 11.3 Å². The molecule has 0 radical (unpaired) electrons. The Hall–Kier alpha value is -1.35. The van der Waals surface area contributed by atoms with E-state index >= 15 is 0 Å². The Morgan fingerprint density at radius 2 is 1.88 bits per heavy atom.